The van der Waals surface area contributed by atoms with E-state index in [0.717, 1.165) is 12.1 Å². The van der Waals surface area contributed by atoms with E-state index in [2.05, 4.69) is 15.4 Å². The first kappa shape index (κ1) is 14.2. The summed E-state index contributed by atoms with van der Waals surface area (Å²) in [6.07, 6.45) is 0. The molecule has 1 fully saturated rings. The Morgan fingerprint density at radius 3 is 2.61 bits per heavy atom. The molecule has 0 spiro atoms. The molecule has 1 saturated heterocycles. The van der Waals surface area contributed by atoms with Gasteiger partial charge in [-0.3, -0.25) is 9.59 Å². The predicted molar refractivity (Wildman–Crippen MR) is 67.8 cm³/mol. The molecule has 1 aliphatic rings. The number of benzene rings is 1. The van der Waals surface area contributed by atoms with Gasteiger partial charge in [0.25, 0.3) is 6.47 Å². The molecule has 0 unspecified atom stereocenters. The van der Waals surface area contributed by atoms with Gasteiger partial charge >= 0.3 is 0 Å². The van der Waals surface area contributed by atoms with Gasteiger partial charge in [-0.25, -0.2) is 0 Å². The van der Waals surface area contributed by atoms with E-state index in [-0.39, 0.29) is 5.91 Å². The summed E-state index contributed by atoms with van der Waals surface area (Å²) in [5, 5.41) is 5.75. The summed E-state index contributed by atoms with van der Waals surface area (Å²) in [5.41, 5.74) is 1.01. The van der Waals surface area contributed by atoms with E-state index >= 15 is 0 Å². The Balaban J connectivity index is 0.000000184. The maximum absolute atomic E-state index is 10.5. The van der Waals surface area contributed by atoms with Crippen LogP contribution in [0, 0.1) is 0 Å². The van der Waals surface area contributed by atoms with Gasteiger partial charge in [0.05, 0.1) is 6.54 Å². The zero-order chi connectivity index (χ0) is 13.2. The van der Waals surface area contributed by atoms with Gasteiger partial charge in [0.15, 0.2) is 0 Å². The summed E-state index contributed by atoms with van der Waals surface area (Å²) < 4.78 is 4.54. The van der Waals surface area contributed by atoms with Crippen LogP contribution in [-0.2, 0) is 20.9 Å². The average Bonchev–Trinajstić information content (AvgIpc) is 2.38. The number of rotatable bonds is 3. The Hall–Kier alpha value is -1.88. The van der Waals surface area contributed by atoms with Crippen molar-refractivity contribution in [1.29, 1.82) is 0 Å². The van der Waals surface area contributed by atoms with E-state index < -0.39 is 0 Å². The molecule has 1 heterocycles. The van der Waals surface area contributed by atoms with Gasteiger partial charge in [-0.1, -0.05) is 30.3 Å². The minimum absolute atomic E-state index is 0.101. The van der Waals surface area contributed by atoms with Gasteiger partial charge in [-0.2, -0.15) is 0 Å². The van der Waals surface area contributed by atoms with Crippen molar-refractivity contribution >= 4 is 12.4 Å². The number of hydrogen-bond donors (Lipinski definition) is 2. The number of carbonyl (C=O) groups excluding carboxylic acids is 2. The van der Waals surface area contributed by atoms with Gasteiger partial charge < -0.3 is 15.4 Å². The van der Waals surface area contributed by atoms with E-state index in [1.54, 1.807) is 0 Å². The molecule has 0 bridgehead atoms. The highest BCUT2D eigenvalue weighted by atomic mass is 16.5. The summed E-state index contributed by atoms with van der Waals surface area (Å²) in [6, 6.07) is 9.85. The van der Waals surface area contributed by atoms with Crippen LogP contribution < -0.4 is 10.6 Å². The molecule has 1 aliphatic heterocycles. The zero-order valence-electron chi connectivity index (χ0n) is 10.4. The molecule has 2 rings (SSSR count). The maximum atomic E-state index is 10.5. The van der Waals surface area contributed by atoms with Gasteiger partial charge in [0, 0.05) is 12.6 Å². The minimum atomic E-state index is 0.101. The van der Waals surface area contributed by atoms with Gasteiger partial charge in [0.2, 0.25) is 5.91 Å². The molecule has 1 amide bonds. The fourth-order valence-electron chi connectivity index (χ4n) is 1.48. The Bertz CT molecular complexity index is 368. The summed E-state index contributed by atoms with van der Waals surface area (Å²) in [6.45, 7) is 4.16. The first-order chi connectivity index (χ1) is 8.72. The number of amides is 1. The normalized spacial score (nSPS) is 18.1. The van der Waals surface area contributed by atoms with E-state index in [0.29, 0.717) is 25.7 Å². The standard InChI is InChI=1S/C8H8O2.C5H10N2O/c9-7-10-6-8-4-2-1-3-5-8;1-4-2-6-3-5(8)7-4/h1-5,7H,6H2;4,6H,2-3H2,1H3,(H,7,8)/t;4-/m.1/s1. The summed E-state index contributed by atoms with van der Waals surface area (Å²) in [7, 11) is 0. The molecule has 1 aromatic carbocycles. The number of carbonyl (C=O) groups is 2. The lowest BCUT2D eigenvalue weighted by molar-refractivity contribution is -0.129. The van der Waals surface area contributed by atoms with E-state index in [4.69, 9.17) is 0 Å². The van der Waals surface area contributed by atoms with Crippen molar-refractivity contribution in [3.8, 4) is 0 Å². The Morgan fingerprint density at radius 1 is 1.39 bits per heavy atom. The third-order valence-corrected chi connectivity index (χ3v) is 2.30. The van der Waals surface area contributed by atoms with Crippen molar-refractivity contribution in [3.05, 3.63) is 35.9 Å². The van der Waals surface area contributed by atoms with Crippen molar-refractivity contribution in [2.45, 2.75) is 19.6 Å². The van der Waals surface area contributed by atoms with Crippen LogP contribution in [0.15, 0.2) is 30.3 Å². The fraction of sp³-hybridized carbons (Fsp3) is 0.385. The average molecular weight is 250 g/mol. The van der Waals surface area contributed by atoms with Crippen LogP contribution in [0.1, 0.15) is 12.5 Å². The van der Waals surface area contributed by atoms with Crippen LogP contribution in [0.2, 0.25) is 0 Å². The predicted octanol–water partition coefficient (Wildman–Crippen LogP) is 0.454. The van der Waals surface area contributed by atoms with Crippen LogP contribution in [0.25, 0.3) is 0 Å². The van der Waals surface area contributed by atoms with Crippen molar-refractivity contribution in [3.63, 3.8) is 0 Å². The first-order valence-corrected chi connectivity index (χ1v) is 5.81. The largest absolute Gasteiger partial charge is 0.463 e. The van der Waals surface area contributed by atoms with Gasteiger partial charge in [-0.15, -0.1) is 0 Å². The SMILES string of the molecule is C[C@@H]1CNCC(=O)N1.O=COCc1ccccc1. The van der Waals surface area contributed by atoms with Crippen molar-refractivity contribution in [1.82, 2.24) is 10.6 Å². The second-order valence-corrected chi connectivity index (χ2v) is 3.99. The quantitative estimate of drug-likeness (QED) is 0.765. The monoisotopic (exact) mass is 250 g/mol. The molecule has 0 aliphatic carbocycles. The lowest BCUT2D eigenvalue weighted by Gasteiger charge is -2.19. The zero-order valence-corrected chi connectivity index (χ0v) is 10.4. The molecule has 98 valence electrons. The van der Waals surface area contributed by atoms with Crippen molar-refractivity contribution in [2.24, 2.45) is 0 Å². The van der Waals surface area contributed by atoms with Gasteiger partial charge in [-0.05, 0) is 12.5 Å². The third-order valence-electron chi connectivity index (χ3n) is 2.30. The number of nitrogens with one attached hydrogen (secondary N) is 2. The van der Waals surface area contributed by atoms with Crippen LogP contribution in [0.5, 0.6) is 0 Å². The second kappa shape index (κ2) is 8.25. The molecule has 1 aromatic rings. The lowest BCUT2D eigenvalue weighted by atomic mass is 10.2. The highest BCUT2D eigenvalue weighted by Gasteiger charge is 2.11. The van der Waals surface area contributed by atoms with E-state index in [9.17, 15) is 9.59 Å². The summed E-state index contributed by atoms with van der Waals surface area (Å²) >= 11 is 0. The highest BCUT2D eigenvalue weighted by molar-refractivity contribution is 5.79. The topological polar surface area (TPSA) is 67.4 Å². The molecular weight excluding hydrogens is 232 g/mol. The molecule has 18 heavy (non-hydrogen) atoms. The first-order valence-electron chi connectivity index (χ1n) is 5.81. The molecule has 5 nitrogen and oxygen atoms in total. The number of ether oxygens (including phenoxy) is 1. The van der Waals surface area contributed by atoms with Crippen LogP contribution in [0.4, 0.5) is 0 Å². The molecule has 2 N–H and O–H groups in total. The van der Waals surface area contributed by atoms with Crippen LogP contribution in [0.3, 0.4) is 0 Å². The highest BCUT2D eigenvalue weighted by Crippen LogP contribution is 1.98. The van der Waals surface area contributed by atoms with Crippen molar-refractivity contribution in [2.75, 3.05) is 13.1 Å². The molecule has 1 atom stereocenters. The van der Waals surface area contributed by atoms with E-state index in [1.165, 1.54) is 0 Å². The van der Waals surface area contributed by atoms with Crippen molar-refractivity contribution < 1.29 is 14.3 Å². The van der Waals surface area contributed by atoms with Crippen LogP contribution >= 0.6 is 0 Å². The van der Waals surface area contributed by atoms with Crippen LogP contribution in [-0.4, -0.2) is 31.5 Å². The van der Waals surface area contributed by atoms with Gasteiger partial charge in [0.1, 0.15) is 6.61 Å². The molecule has 0 aromatic heterocycles. The lowest BCUT2D eigenvalue weighted by Crippen LogP contribution is -2.50. The third kappa shape index (κ3) is 6.00. The number of hydrogen-bond acceptors (Lipinski definition) is 4. The Kier molecular flexibility index (Phi) is 6.50. The number of piperazine rings is 1. The fourth-order valence-corrected chi connectivity index (χ4v) is 1.48. The smallest absolute Gasteiger partial charge is 0.293 e. The molecule has 0 saturated carbocycles. The summed E-state index contributed by atoms with van der Waals surface area (Å²) in [4.78, 5) is 20.3. The maximum Gasteiger partial charge on any atom is 0.293 e. The molecule has 5 heteroatoms. The minimum Gasteiger partial charge on any atom is -0.463 e. The summed E-state index contributed by atoms with van der Waals surface area (Å²) in [5.74, 6) is 0.101. The second-order valence-electron chi connectivity index (χ2n) is 3.99. The Labute approximate surface area is 107 Å². The van der Waals surface area contributed by atoms with E-state index in [1.807, 2.05) is 37.3 Å². The molecular formula is C13H18N2O3. The molecule has 0 radical (unpaired) electrons. The Morgan fingerprint density at radius 2 is 2.11 bits per heavy atom.